The van der Waals surface area contributed by atoms with Crippen LogP contribution in [0.2, 0.25) is 0 Å². The molecule has 140 valence electrons. The number of carbonyl (C=O) groups excluding carboxylic acids is 1. The summed E-state index contributed by atoms with van der Waals surface area (Å²) in [5.74, 6) is 1.07. The average Bonchev–Trinajstić information content (AvgIpc) is 3.15. The summed E-state index contributed by atoms with van der Waals surface area (Å²) in [5, 5.41) is 4.37. The number of carbonyl (C=O) groups is 1. The maximum Gasteiger partial charge on any atom is 0.260 e. The highest BCUT2D eigenvalue weighted by molar-refractivity contribution is 5.77. The van der Waals surface area contributed by atoms with Gasteiger partial charge in [-0.25, -0.2) is 4.68 Å². The first-order chi connectivity index (χ1) is 13.0. The van der Waals surface area contributed by atoms with E-state index in [0.29, 0.717) is 12.5 Å². The molecule has 0 aliphatic rings. The van der Waals surface area contributed by atoms with Gasteiger partial charge in [-0.05, 0) is 35.7 Å². The number of para-hydroxylation sites is 1. The Morgan fingerprint density at radius 2 is 1.93 bits per heavy atom. The van der Waals surface area contributed by atoms with E-state index < -0.39 is 0 Å². The second-order valence-electron chi connectivity index (χ2n) is 6.89. The molecule has 0 bridgehead atoms. The third kappa shape index (κ3) is 4.97. The summed E-state index contributed by atoms with van der Waals surface area (Å²) in [6.45, 7) is 4.77. The third-order valence-electron chi connectivity index (χ3n) is 4.39. The van der Waals surface area contributed by atoms with Gasteiger partial charge in [0.15, 0.2) is 6.61 Å². The molecule has 1 amide bonds. The van der Waals surface area contributed by atoms with E-state index >= 15 is 0 Å². The highest BCUT2D eigenvalue weighted by Crippen LogP contribution is 2.20. The summed E-state index contributed by atoms with van der Waals surface area (Å²) in [6.07, 6.45) is 3.72. The monoisotopic (exact) mass is 363 g/mol. The SMILES string of the molecule is CC(C)c1cccc(OCC(=O)N(C)Cc2cnn(-c3ccccc3)c2)c1. The van der Waals surface area contributed by atoms with E-state index in [0.717, 1.165) is 17.0 Å². The molecule has 0 N–H and O–H groups in total. The molecule has 0 saturated carbocycles. The summed E-state index contributed by atoms with van der Waals surface area (Å²) in [6, 6.07) is 17.8. The number of ether oxygens (including phenoxy) is 1. The summed E-state index contributed by atoms with van der Waals surface area (Å²) >= 11 is 0. The number of aromatic nitrogens is 2. The number of benzene rings is 2. The zero-order valence-electron chi connectivity index (χ0n) is 16.0. The van der Waals surface area contributed by atoms with Crippen molar-refractivity contribution in [2.45, 2.75) is 26.3 Å². The van der Waals surface area contributed by atoms with Gasteiger partial charge >= 0.3 is 0 Å². The molecule has 2 aromatic carbocycles. The molecule has 0 radical (unpaired) electrons. The van der Waals surface area contributed by atoms with Gasteiger partial charge < -0.3 is 9.64 Å². The van der Waals surface area contributed by atoms with Crippen molar-refractivity contribution in [3.05, 3.63) is 78.1 Å². The number of nitrogens with zero attached hydrogens (tertiary/aromatic N) is 3. The van der Waals surface area contributed by atoms with E-state index in [9.17, 15) is 4.79 Å². The lowest BCUT2D eigenvalue weighted by molar-refractivity contribution is -0.132. The third-order valence-corrected chi connectivity index (χ3v) is 4.39. The fraction of sp³-hybridized carbons (Fsp3) is 0.273. The van der Waals surface area contributed by atoms with E-state index in [1.54, 1.807) is 18.1 Å². The first-order valence-electron chi connectivity index (χ1n) is 9.08. The molecule has 0 saturated heterocycles. The summed E-state index contributed by atoms with van der Waals surface area (Å²) in [4.78, 5) is 14.0. The topological polar surface area (TPSA) is 47.4 Å². The van der Waals surface area contributed by atoms with Crippen LogP contribution in [0.15, 0.2) is 67.0 Å². The van der Waals surface area contributed by atoms with Gasteiger partial charge in [0.25, 0.3) is 5.91 Å². The highest BCUT2D eigenvalue weighted by Gasteiger charge is 2.12. The number of rotatable bonds is 7. The molecule has 1 heterocycles. The lowest BCUT2D eigenvalue weighted by Crippen LogP contribution is -2.30. The first-order valence-corrected chi connectivity index (χ1v) is 9.08. The predicted molar refractivity (Wildman–Crippen MR) is 106 cm³/mol. The normalized spacial score (nSPS) is 10.8. The lowest BCUT2D eigenvalue weighted by atomic mass is 10.0. The van der Waals surface area contributed by atoms with Crippen molar-refractivity contribution in [3.8, 4) is 11.4 Å². The van der Waals surface area contributed by atoms with Gasteiger partial charge in [0.2, 0.25) is 0 Å². The van der Waals surface area contributed by atoms with E-state index in [4.69, 9.17) is 4.74 Å². The van der Waals surface area contributed by atoms with Crippen LogP contribution in [0.4, 0.5) is 0 Å². The minimum atomic E-state index is -0.0718. The highest BCUT2D eigenvalue weighted by atomic mass is 16.5. The quantitative estimate of drug-likeness (QED) is 0.637. The molecule has 0 aliphatic heterocycles. The number of hydrogen-bond acceptors (Lipinski definition) is 3. The summed E-state index contributed by atoms with van der Waals surface area (Å²) < 4.78 is 7.49. The summed E-state index contributed by atoms with van der Waals surface area (Å²) in [5.41, 5.74) is 3.16. The fourth-order valence-corrected chi connectivity index (χ4v) is 2.74. The predicted octanol–water partition coefficient (Wildman–Crippen LogP) is 4.03. The maximum absolute atomic E-state index is 12.4. The Bertz CT molecular complexity index is 887. The van der Waals surface area contributed by atoms with Crippen LogP contribution in [0.25, 0.3) is 5.69 Å². The van der Waals surface area contributed by atoms with Crippen LogP contribution in [0, 0.1) is 0 Å². The average molecular weight is 363 g/mol. The van der Waals surface area contributed by atoms with E-state index in [2.05, 4.69) is 25.0 Å². The second-order valence-corrected chi connectivity index (χ2v) is 6.89. The van der Waals surface area contributed by atoms with Gasteiger partial charge in [0, 0.05) is 25.4 Å². The molecule has 27 heavy (non-hydrogen) atoms. The lowest BCUT2D eigenvalue weighted by Gasteiger charge is -2.17. The minimum Gasteiger partial charge on any atom is -0.484 e. The number of likely N-dealkylation sites (N-methyl/N-ethyl adjacent to an activating group) is 1. The second kappa shape index (κ2) is 8.54. The Labute approximate surface area is 160 Å². The van der Waals surface area contributed by atoms with Gasteiger partial charge in [0.1, 0.15) is 5.75 Å². The van der Waals surface area contributed by atoms with E-state index in [-0.39, 0.29) is 12.5 Å². The van der Waals surface area contributed by atoms with Gasteiger partial charge in [0.05, 0.1) is 11.9 Å². The van der Waals surface area contributed by atoms with Crippen molar-refractivity contribution in [1.29, 1.82) is 0 Å². The van der Waals surface area contributed by atoms with Crippen molar-refractivity contribution >= 4 is 5.91 Å². The van der Waals surface area contributed by atoms with Crippen LogP contribution in [-0.4, -0.2) is 34.2 Å². The van der Waals surface area contributed by atoms with Gasteiger partial charge in [-0.3, -0.25) is 4.79 Å². The van der Waals surface area contributed by atoms with Gasteiger partial charge in [-0.1, -0.05) is 44.2 Å². The molecule has 0 spiro atoms. The largest absolute Gasteiger partial charge is 0.484 e. The zero-order valence-corrected chi connectivity index (χ0v) is 16.0. The molecule has 0 fully saturated rings. The molecule has 1 aromatic heterocycles. The smallest absolute Gasteiger partial charge is 0.260 e. The molecule has 0 unspecified atom stereocenters. The first kappa shape index (κ1) is 18.7. The van der Waals surface area contributed by atoms with Crippen molar-refractivity contribution in [2.24, 2.45) is 0 Å². The Morgan fingerprint density at radius 1 is 1.15 bits per heavy atom. The Morgan fingerprint density at radius 3 is 2.67 bits per heavy atom. The van der Waals surface area contributed by atoms with Gasteiger partial charge in [-0.2, -0.15) is 5.10 Å². The zero-order chi connectivity index (χ0) is 19.2. The van der Waals surface area contributed by atoms with Gasteiger partial charge in [-0.15, -0.1) is 0 Å². The molecule has 0 atom stereocenters. The summed E-state index contributed by atoms with van der Waals surface area (Å²) in [7, 11) is 1.77. The molecule has 3 rings (SSSR count). The van der Waals surface area contributed by atoms with Crippen molar-refractivity contribution < 1.29 is 9.53 Å². The van der Waals surface area contributed by atoms with Crippen LogP contribution in [0.5, 0.6) is 5.75 Å². The van der Waals surface area contributed by atoms with Crippen molar-refractivity contribution in [1.82, 2.24) is 14.7 Å². The van der Waals surface area contributed by atoms with E-state index in [1.165, 1.54) is 5.56 Å². The Balaban J connectivity index is 1.55. The molecule has 0 aliphatic carbocycles. The van der Waals surface area contributed by atoms with Crippen LogP contribution in [0.1, 0.15) is 30.9 Å². The number of amides is 1. The molecular formula is C22H25N3O2. The van der Waals surface area contributed by atoms with Crippen molar-refractivity contribution in [3.63, 3.8) is 0 Å². The molecule has 5 heteroatoms. The Kier molecular flexibility index (Phi) is 5.91. The molecule has 3 aromatic rings. The van der Waals surface area contributed by atoms with Crippen LogP contribution < -0.4 is 4.74 Å². The van der Waals surface area contributed by atoms with E-state index in [1.807, 2.05) is 59.4 Å². The molecular weight excluding hydrogens is 338 g/mol. The van der Waals surface area contributed by atoms with Crippen LogP contribution >= 0.6 is 0 Å². The maximum atomic E-state index is 12.4. The number of hydrogen-bond donors (Lipinski definition) is 0. The minimum absolute atomic E-state index is 0.0187. The standard InChI is InChI=1S/C22H25N3O2/c1-17(2)19-8-7-11-21(12-19)27-16-22(26)24(3)14-18-13-23-25(15-18)20-9-5-4-6-10-20/h4-13,15,17H,14,16H2,1-3H3. The van der Waals surface area contributed by atoms with Crippen LogP contribution in [0.3, 0.4) is 0 Å². The fourth-order valence-electron chi connectivity index (χ4n) is 2.74. The van der Waals surface area contributed by atoms with Crippen LogP contribution in [-0.2, 0) is 11.3 Å². The van der Waals surface area contributed by atoms with Crippen molar-refractivity contribution in [2.75, 3.05) is 13.7 Å². The Hall–Kier alpha value is -3.08. The molecule has 5 nitrogen and oxygen atoms in total.